The lowest BCUT2D eigenvalue weighted by Crippen LogP contribution is -2.25. The zero-order valence-electron chi connectivity index (χ0n) is 10.4. The van der Waals surface area contributed by atoms with Crippen LogP contribution in [0, 0.1) is 6.92 Å². The molecule has 0 aliphatic heterocycles. The Morgan fingerprint density at radius 1 is 1.25 bits per heavy atom. The number of carbonyl (C=O) groups excluding carboxylic acids is 1. The molecule has 0 radical (unpaired) electrons. The number of benzene rings is 1. The Labute approximate surface area is 98.1 Å². The van der Waals surface area contributed by atoms with Gasteiger partial charge < -0.3 is 5.32 Å². The van der Waals surface area contributed by atoms with Gasteiger partial charge in [-0.15, -0.1) is 0 Å². The number of hydrogen-bond donors (Lipinski definition) is 1. The van der Waals surface area contributed by atoms with Crippen LogP contribution in [0.2, 0.25) is 0 Å². The van der Waals surface area contributed by atoms with Crippen molar-refractivity contribution >= 4 is 5.78 Å². The summed E-state index contributed by atoms with van der Waals surface area (Å²) < 4.78 is 0. The molecule has 1 N–H and O–H groups in total. The first kappa shape index (κ1) is 12.9. The Kier molecular flexibility index (Phi) is 5.20. The third kappa shape index (κ3) is 5.08. The van der Waals surface area contributed by atoms with Gasteiger partial charge in [0.2, 0.25) is 0 Å². The second-order valence-electron chi connectivity index (χ2n) is 4.56. The quantitative estimate of drug-likeness (QED) is 0.796. The van der Waals surface area contributed by atoms with E-state index in [9.17, 15) is 4.79 Å². The van der Waals surface area contributed by atoms with Gasteiger partial charge in [-0.05, 0) is 12.5 Å². The molecular formula is C14H21NO. The highest BCUT2D eigenvalue weighted by Gasteiger charge is 2.03. The molecule has 16 heavy (non-hydrogen) atoms. The number of hydrogen-bond acceptors (Lipinski definition) is 2. The van der Waals surface area contributed by atoms with E-state index in [1.165, 1.54) is 5.56 Å². The molecule has 0 saturated heterocycles. The molecule has 1 aromatic rings. The number of rotatable bonds is 6. The van der Waals surface area contributed by atoms with Gasteiger partial charge in [0, 0.05) is 25.4 Å². The number of nitrogens with one attached hydrogen (secondary N) is 1. The number of carbonyl (C=O) groups is 1. The summed E-state index contributed by atoms with van der Waals surface area (Å²) in [5.41, 5.74) is 2.35. The maximum absolute atomic E-state index is 11.6. The Balaban J connectivity index is 2.31. The van der Waals surface area contributed by atoms with Crippen LogP contribution >= 0.6 is 0 Å². The third-order valence-electron chi connectivity index (χ3n) is 2.48. The summed E-state index contributed by atoms with van der Waals surface area (Å²) in [4.78, 5) is 11.6. The van der Waals surface area contributed by atoms with E-state index in [1.54, 1.807) is 0 Å². The summed E-state index contributed by atoms with van der Waals surface area (Å²) in [5.74, 6) is 0.303. The van der Waals surface area contributed by atoms with Crippen LogP contribution in [-0.2, 0) is 11.2 Å². The van der Waals surface area contributed by atoms with Crippen molar-refractivity contribution in [2.24, 2.45) is 0 Å². The van der Waals surface area contributed by atoms with Crippen molar-refractivity contribution in [2.75, 3.05) is 6.54 Å². The van der Waals surface area contributed by atoms with E-state index in [4.69, 9.17) is 0 Å². The van der Waals surface area contributed by atoms with E-state index in [0.29, 0.717) is 24.7 Å². The van der Waals surface area contributed by atoms with Crippen LogP contribution in [0.4, 0.5) is 0 Å². The summed E-state index contributed by atoms with van der Waals surface area (Å²) in [5, 5.41) is 3.25. The molecule has 0 amide bonds. The first-order valence-electron chi connectivity index (χ1n) is 5.88. The van der Waals surface area contributed by atoms with Crippen LogP contribution < -0.4 is 5.32 Å². The first-order valence-corrected chi connectivity index (χ1v) is 5.88. The maximum atomic E-state index is 11.6. The maximum Gasteiger partial charge on any atom is 0.138 e. The minimum Gasteiger partial charge on any atom is -0.314 e. The van der Waals surface area contributed by atoms with Gasteiger partial charge in [-0.25, -0.2) is 0 Å². The molecule has 0 fully saturated rings. The monoisotopic (exact) mass is 219 g/mol. The van der Waals surface area contributed by atoms with Crippen LogP contribution in [0.3, 0.4) is 0 Å². The van der Waals surface area contributed by atoms with Gasteiger partial charge in [0.1, 0.15) is 5.78 Å². The van der Waals surface area contributed by atoms with E-state index < -0.39 is 0 Å². The second kappa shape index (κ2) is 6.44. The topological polar surface area (TPSA) is 29.1 Å². The molecule has 0 unspecified atom stereocenters. The summed E-state index contributed by atoms with van der Waals surface area (Å²) >= 11 is 0. The Bertz CT molecular complexity index is 327. The molecule has 2 nitrogen and oxygen atoms in total. The molecular weight excluding hydrogens is 198 g/mol. The number of ketones is 1. The molecule has 0 aliphatic carbocycles. The molecule has 0 spiro atoms. The molecule has 0 bridgehead atoms. The van der Waals surface area contributed by atoms with E-state index >= 15 is 0 Å². The van der Waals surface area contributed by atoms with Gasteiger partial charge in [0.15, 0.2) is 0 Å². The smallest absolute Gasteiger partial charge is 0.138 e. The van der Waals surface area contributed by atoms with Crippen LogP contribution in [-0.4, -0.2) is 18.4 Å². The molecule has 0 aliphatic rings. The van der Waals surface area contributed by atoms with E-state index in [0.717, 1.165) is 12.1 Å². The van der Waals surface area contributed by atoms with Crippen molar-refractivity contribution in [3.8, 4) is 0 Å². The van der Waals surface area contributed by atoms with Crippen LogP contribution in [0.5, 0.6) is 0 Å². The second-order valence-corrected chi connectivity index (χ2v) is 4.56. The third-order valence-corrected chi connectivity index (χ3v) is 2.48. The van der Waals surface area contributed by atoms with E-state index in [1.807, 2.05) is 12.1 Å². The fourth-order valence-electron chi connectivity index (χ4n) is 1.52. The summed E-state index contributed by atoms with van der Waals surface area (Å²) in [6, 6.07) is 8.61. The zero-order chi connectivity index (χ0) is 12.0. The van der Waals surface area contributed by atoms with Crippen molar-refractivity contribution < 1.29 is 4.79 Å². The molecule has 1 aromatic carbocycles. The van der Waals surface area contributed by atoms with Gasteiger partial charge in [-0.1, -0.05) is 43.7 Å². The number of aryl methyl sites for hydroxylation is 1. The Hall–Kier alpha value is -1.15. The summed E-state index contributed by atoms with van der Waals surface area (Å²) in [6.07, 6.45) is 1.17. The Morgan fingerprint density at radius 3 is 2.44 bits per heavy atom. The minimum atomic E-state index is 0.303. The molecule has 88 valence electrons. The van der Waals surface area contributed by atoms with Crippen LogP contribution in [0.1, 0.15) is 31.4 Å². The lowest BCUT2D eigenvalue weighted by atomic mass is 10.1. The fourth-order valence-corrected chi connectivity index (χ4v) is 1.52. The standard InChI is InChI=1S/C14H21NO/c1-11(2)15-9-8-14(16)10-13-6-4-12(3)5-7-13/h4-7,11,15H,8-10H2,1-3H3. The highest BCUT2D eigenvalue weighted by molar-refractivity contribution is 5.81. The van der Waals surface area contributed by atoms with E-state index in [2.05, 4.69) is 38.2 Å². The lowest BCUT2D eigenvalue weighted by Gasteiger charge is -2.07. The zero-order valence-corrected chi connectivity index (χ0v) is 10.4. The average molecular weight is 219 g/mol. The number of Topliss-reactive ketones (excluding diaryl/α,β-unsaturated/α-hetero) is 1. The summed E-state index contributed by atoms with van der Waals surface area (Å²) in [6.45, 7) is 7.01. The molecule has 2 heteroatoms. The minimum absolute atomic E-state index is 0.303. The van der Waals surface area contributed by atoms with Gasteiger partial charge in [-0.2, -0.15) is 0 Å². The van der Waals surface area contributed by atoms with Gasteiger partial charge in [0.05, 0.1) is 0 Å². The normalized spacial score (nSPS) is 10.8. The molecule has 0 heterocycles. The highest BCUT2D eigenvalue weighted by Crippen LogP contribution is 2.05. The molecule has 1 rings (SSSR count). The predicted octanol–water partition coefficient (Wildman–Crippen LogP) is 2.49. The highest BCUT2D eigenvalue weighted by atomic mass is 16.1. The van der Waals surface area contributed by atoms with Gasteiger partial charge in [-0.3, -0.25) is 4.79 Å². The fraction of sp³-hybridized carbons (Fsp3) is 0.500. The Morgan fingerprint density at radius 2 is 1.88 bits per heavy atom. The summed E-state index contributed by atoms with van der Waals surface area (Å²) in [7, 11) is 0. The van der Waals surface area contributed by atoms with Crippen molar-refractivity contribution in [1.29, 1.82) is 0 Å². The van der Waals surface area contributed by atoms with Crippen LogP contribution in [0.25, 0.3) is 0 Å². The largest absolute Gasteiger partial charge is 0.314 e. The van der Waals surface area contributed by atoms with Crippen LogP contribution in [0.15, 0.2) is 24.3 Å². The van der Waals surface area contributed by atoms with Crippen molar-refractivity contribution in [3.63, 3.8) is 0 Å². The van der Waals surface area contributed by atoms with Crippen molar-refractivity contribution in [3.05, 3.63) is 35.4 Å². The lowest BCUT2D eigenvalue weighted by molar-refractivity contribution is -0.118. The first-order chi connectivity index (χ1) is 7.58. The SMILES string of the molecule is Cc1ccc(CC(=O)CCNC(C)C)cc1. The van der Waals surface area contributed by atoms with Crippen molar-refractivity contribution in [1.82, 2.24) is 5.32 Å². The average Bonchev–Trinajstić information content (AvgIpc) is 2.21. The predicted molar refractivity (Wildman–Crippen MR) is 67.6 cm³/mol. The van der Waals surface area contributed by atoms with Gasteiger partial charge >= 0.3 is 0 Å². The molecule has 0 aromatic heterocycles. The molecule has 0 atom stereocenters. The van der Waals surface area contributed by atoms with Gasteiger partial charge in [0.25, 0.3) is 0 Å². The van der Waals surface area contributed by atoms with E-state index in [-0.39, 0.29) is 0 Å². The van der Waals surface area contributed by atoms with Crippen molar-refractivity contribution in [2.45, 2.75) is 39.7 Å². The molecule has 0 saturated carbocycles.